The van der Waals surface area contributed by atoms with Crippen molar-refractivity contribution in [3.8, 4) is 0 Å². The Hall–Kier alpha value is -1.44. The molecule has 0 saturated heterocycles. The van der Waals surface area contributed by atoms with Crippen LogP contribution in [0.5, 0.6) is 0 Å². The number of amides is 1. The first-order valence-electron chi connectivity index (χ1n) is 7.84. The Morgan fingerprint density at radius 1 is 1.35 bits per heavy atom. The fourth-order valence-corrected chi connectivity index (χ4v) is 4.08. The molecule has 1 aromatic rings. The lowest BCUT2D eigenvalue weighted by atomic mass is 10.2. The fraction of sp³-hybridized carbons (Fsp3) is 0.562. The predicted octanol–water partition coefficient (Wildman–Crippen LogP) is 1.67. The van der Waals surface area contributed by atoms with Crippen molar-refractivity contribution in [3.63, 3.8) is 0 Å². The van der Waals surface area contributed by atoms with Gasteiger partial charge in [0.05, 0.1) is 11.5 Å². The molecule has 0 aliphatic heterocycles. The summed E-state index contributed by atoms with van der Waals surface area (Å²) in [5.74, 6) is -0.313. The molecule has 1 saturated carbocycles. The number of rotatable bonds is 7. The van der Waals surface area contributed by atoms with Gasteiger partial charge >= 0.3 is 0 Å². The van der Waals surface area contributed by atoms with E-state index in [4.69, 9.17) is 4.74 Å². The van der Waals surface area contributed by atoms with Crippen LogP contribution in [0.3, 0.4) is 0 Å². The molecule has 128 valence electrons. The number of methoxy groups -OCH3 is 1. The number of ether oxygens (including phenoxy) is 1. The average molecular weight is 340 g/mol. The van der Waals surface area contributed by atoms with Crippen LogP contribution in [-0.4, -0.2) is 40.1 Å². The van der Waals surface area contributed by atoms with E-state index in [1.54, 1.807) is 19.2 Å². The Morgan fingerprint density at radius 3 is 2.70 bits per heavy atom. The molecule has 1 fully saturated rings. The number of sulfonamides is 1. The van der Waals surface area contributed by atoms with Crippen LogP contribution in [0, 0.1) is 0 Å². The number of carbonyl (C=O) groups is 1. The third-order valence-corrected chi connectivity index (χ3v) is 5.40. The summed E-state index contributed by atoms with van der Waals surface area (Å²) < 4.78 is 32.5. The van der Waals surface area contributed by atoms with Gasteiger partial charge in [-0.15, -0.1) is 0 Å². The highest BCUT2D eigenvalue weighted by Crippen LogP contribution is 2.20. The van der Waals surface area contributed by atoms with E-state index in [1.807, 2.05) is 6.92 Å². The van der Waals surface area contributed by atoms with Crippen molar-refractivity contribution in [3.05, 3.63) is 29.8 Å². The third-order valence-electron chi connectivity index (χ3n) is 3.88. The molecule has 1 atom stereocenters. The molecule has 0 radical (unpaired) electrons. The summed E-state index contributed by atoms with van der Waals surface area (Å²) in [5.41, 5.74) is 0.322. The predicted molar refractivity (Wildman–Crippen MR) is 87.8 cm³/mol. The fourth-order valence-electron chi connectivity index (χ4n) is 2.73. The number of benzene rings is 1. The van der Waals surface area contributed by atoms with Crippen molar-refractivity contribution < 1.29 is 17.9 Å². The Kier molecular flexibility index (Phi) is 6.15. The van der Waals surface area contributed by atoms with Gasteiger partial charge in [-0.05, 0) is 38.0 Å². The number of hydrogen-bond donors (Lipinski definition) is 2. The molecule has 1 amide bonds. The lowest BCUT2D eigenvalue weighted by Crippen LogP contribution is -2.36. The molecule has 6 nitrogen and oxygen atoms in total. The molecule has 1 aliphatic rings. The van der Waals surface area contributed by atoms with Crippen LogP contribution in [0.2, 0.25) is 0 Å². The summed E-state index contributed by atoms with van der Waals surface area (Å²) in [6, 6.07) is 5.95. The molecule has 7 heteroatoms. The van der Waals surface area contributed by atoms with Gasteiger partial charge in [0.2, 0.25) is 10.0 Å². The molecule has 1 aromatic carbocycles. The number of carbonyl (C=O) groups excluding carboxylic acids is 1. The minimum absolute atomic E-state index is 0.000733. The van der Waals surface area contributed by atoms with Crippen LogP contribution in [0.4, 0.5) is 0 Å². The maximum atomic E-state index is 12.4. The first kappa shape index (κ1) is 17.9. The maximum Gasteiger partial charge on any atom is 0.251 e. The third kappa shape index (κ3) is 5.02. The molecule has 0 spiro atoms. The first-order valence-corrected chi connectivity index (χ1v) is 9.33. The number of hydrogen-bond acceptors (Lipinski definition) is 4. The molecular weight excluding hydrogens is 316 g/mol. The lowest BCUT2D eigenvalue weighted by molar-refractivity contribution is 0.0905. The van der Waals surface area contributed by atoms with Crippen molar-refractivity contribution in [2.24, 2.45) is 0 Å². The van der Waals surface area contributed by atoms with Gasteiger partial charge in [-0.1, -0.05) is 18.9 Å². The van der Waals surface area contributed by atoms with Gasteiger partial charge < -0.3 is 10.1 Å². The average Bonchev–Trinajstić information content (AvgIpc) is 2.99. The minimum Gasteiger partial charge on any atom is -0.383 e. The van der Waals surface area contributed by atoms with Crippen LogP contribution >= 0.6 is 0 Å². The Labute approximate surface area is 137 Å². The Bertz CT molecular complexity index is 639. The van der Waals surface area contributed by atoms with Gasteiger partial charge in [0, 0.05) is 24.8 Å². The van der Waals surface area contributed by atoms with E-state index in [2.05, 4.69) is 10.0 Å². The highest BCUT2D eigenvalue weighted by Gasteiger charge is 2.23. The van der Waals surface area contributed by atoms with Crippen LogP contribution in [0.1, 0.15) is 43.0 Å². The number of nitrogens with one attached hydrogen (secondary N) is 2. The van der Waals surface area contributed by atoms with Gasteiger partial charge in [-0.2, -0.15) is 0 Å². The van der Waals surface area contributed by atoms with Crippen LogP contribution in [-0.2, 0) is 14.8 Å². The van der Waals surface area contributed by atoms with E-state index in [1.165, 1.54) is 12.1 Å². The summed E-state index contributed by atoms with van der Waals surface area (Å²) in [6.07, 6.45) is 3.84. The van der Waals surface area contributed by atoms with Gasteiger partial charge in [0.15, 0.2) is 0 Å². The lowest BCUT2D eigenvalue weighted by Gasteiger charge is -2.15. The summed E-state index contributed by atoms with van der Waals surface area (Å²) in [4.78, 5) is 12.3. The maximum absolute atomic E-state index is 12.4. The zero-order valence-electron chi connectivity index (χ0n) is 13.5. The van der Waals surface area contributed by atoms with Crippen molar-refractivity contribution in [2.45, 2.75) is 49.6 Å². The second-order valence-corrected chi connectivity index (χ2v) is 7.67. The molecule has 1 aliphatic carbocycles. The van der Waals surface area contributed by atoms with Crippen molar-refractivity contribution in [2.75, 3.05) is 13.7 Å². The first-order chi connectivity index (χ1) is 10.9. The van der Waals surface area contributed by atoms with Crippen LogP contribution in [0.25, 0.3) is 0 Å². The van der Waals surface area contributed by atoms with Crippen molar-refractivity contribution in [1.82, 2.24) is 10.0 Å². The van der Waals surface area contributed by atoms with Crippen LogP contribution < -0.4 is 10.0 Å². The second-order valence-electron chi connectivity index (χ2n) is 5.96. The van der Waals surface area contributed by atoms with Crippen LogP contribution in [0.15, 0.2) is 29.2 Å². The van der Waals surface area contributed by atoms with E-state index >= 15 is 0 Å². The summed E-state index contributed by atoms with van der Waals surface area (Å²) in [5, 5.41) is 2.77. The molecule has 0 aromatic heterocycles. The summed E-state index contributed by atoms with van der Waals surface area (Å²) >= 11 is 0. The SMILES string of the molecule is COCC(C)NC(=O)c1cccc(S(=O)(=O)NC2CCCC2)c1. The topological polar surface area (TPSA) is 84.5 Å². The minimum atomic E-state index is -3.59. The van der Waals surface area contributed by atoms with Crippen molar-refractivity contribution >= 4 is 15.9 Å². The molecule has 2 N–H and O–H groups in total. The van der Waals surface area contributed by atoms with Gasteiger partial charge in [-0.25, -0.2) is 13.1 Å². The van der Waals surface area contributed by atoms with Gasteiger partial charge in [0.1, 0.15) is 0 Å². The molecule has 23 heavy (non-hydrogen) atoms. The molecular formula is C16H24N2O4S. The second kappa shape index (κ2) is 7.90. The highest BCUT2D eigenvalue weighted by atomic mass is 32.2. The summed E-state index contributed by atoms with van der Waals surface area (Å²) in [6.45, 7) is 2.22. The smallest absolute Gasteiger partial charge is 0.251 e. The van der Waals surface area contributed by atoms with Gasteiger partial charge in [-0.3, -0.25) is 4.79 Å². The standard InChI is InChI=1S/C16H24N2O4S/c1-12(11-22-2)17-16(19)13-6-5-9-15(10-13)23(20,21)18-14-7-3-4-8-14/h5-6,9-10,12,14,18H,3-4,7-8,11H2,1-2H3,(H,17,19). The normalized spacial score (nSPS) is 17.1. The zero-order chi connectivity index (χ0) is 16.9. The Balaban J connectivity index is 2.10. The van der Waals surface area contributed by atoms with E-state index in [0.717, 1.165) is 25.7 Å². The van der Waals surface area contributed by atoms with E-state index in [-0.39, 0.29) is 22.9 Å². The van der Waals surface area contributed by atoms with E-state index in [9.17, 15) is 13.2 Å². The highest BCUT2D eigenvalue weighted by molar-refractivity contribution is 7.89. The largest absolute Gasteiger partial charge is 0.383 e. The molecule has 0 bridgehead atoms. The van der Waals surface area contributed by atoms with E-state index < -0.39 is 10.0 Å². The monoisotopic (exact) mass is 340 g/mol. The van der Waals surface area contributed by atoms with Crippen molar-refractivity contribution in [1.29, 1.82) is 0 Å². The molecule has 0 heterocycles. The van der Waals surface area contributed by atoms with E-state index in [0.29, 0.717) is 12.2 Å². The van der Waals surface area contributed by atoms with Gasteiger partial charge in [0.25, 0.3) is 5.91 Å². The molecule has 1 unspecified atom stereocenters. The summed E-state index contributed by atoms with van der Waals surface area (Å²) in [7, 11) is -2.03. The zero-order valence-corrected chi connectivity index (χ0v) is 14.4. The quantitative estimate of drug-likeness (QED) is 0.791. The Morgan fingerprint density at radius 2 is 2.04 bits per heavy atom. The molecule has 2 rings (SSSR count).